The van der Waals surface area contributed by atoms with Crippen LogP contribution in [0.2, 0.25) is 0 Å². The SMILES string of the molecule is O=CCC1[C@@H](OCc2ccccc2)[C@H](OCc2ccccc2)C(OCc2ccccc2)[C@@H](OCc2ccccc2)[C@H]1OCc1ccccc1. The van der Waals surface area contributed by atoms with Gasteiger partial charge in [-0.15, -0.1) is 0 Å². The van der Waals surface area contributed by atoms with E-state index in [2.05, 4.69) is 0 Å². The summed E-state index contributed by atoms with van der Waals surface area (Å²) in [7, 11) is 0. The highest BCUT2D eigenvalue weighted by Crippen LogP contribution is 2.39. The largest absolute Gasteiger partial charge is 0.370 e. The van der Waals surface area contributed by atoms with Crippen molar-refractivity contribution in [1.29, 1.82) is 0 Å². The van der Waals surface area contributed by atoms with Crippen molar-refractivity contribution in [2.75, 3.05) is 0 Å². The van der Waals surface area contributed by atoms with Crippen LogP contribution in [0, 0.1) is 5.92 Å². The molecule has 1 aliphatic rings. The molecule has 0 aliphatic heterocycles. The lowest BCUT2D eigenvalue weighted by Gasteiger charge is -2.50. The molecular weight excluding hydrogens is 612 g/mol. The first-order valence-electron chi connectivity index (χ1n) is 17.0. The molecule has 0 spiro atoms. The molecule has 1 fully saturated rings. The van der Waals surface area contributed by atoms with Crippen LogP contribution >= 0.6 is 0 Å². The molecule has 6 atom stereocenters. The third-order valence-corrected chi connectivity index (χ3v) is 8.93. The maximum Gasteiger partial charge on any atom is 0.120 e. The molecule has 0 bridgehead atoms. The van der Waals surface area contributed by atoms with E-state index in [0.717, 1.165) is 34.1 Å². The van der Waals surface area contributed by atoms with Gasteiger partial charge in [-0.05, 0) is 27.8 Å². The van der Waals surface area contributed by atoms with E-state index in [0.29, 0.717) is 33.0 Å². The zero-order valence-corrected chi connectivity index (χ0v) is 27.7. The number of benzene rings is 5. The number of carbonyl (C=O) groups is 1. The second kappa shape index (κ2) is 18.4. The Morgan fingerprint density at radius 2 is 0.571 bits per heavy atom. The van der Waals surface area contributed by atoms with Gasteiger partial charge in [0.25, 0.3) is 0 Å². The third kappa shape index (κ3) is 9.82. The first-order valence-corrected chi connectivity index (χ1v) is 17.0. The fourth-order valence-corrected chi connectivity index (χ4v) is 6.45. The fourth-order valence-electron chi connectivity index (χ4n) is 6.45. The molecule has 49 heavy (non-hydrogen) atoms. The Hall–Kier alpha value is -4.43. The second-order valence-corrected chi connectivity index (χ2v) is 12.4. The minimum atomic E-state index is -0.586. The van der Waals surface area contributed by atoms with Crippen molar-refractivity contribution in [1.82, 2.24) is 0 Å². The molecule has 1 aliphatic carbocycles. The summed E-state index contributed by atoms with van der Waals surface area (Å²) in [4.78, 5) is 12.5. The number of hydrogen-bond acceptors (Lipinski definition) is 6. The highest BCUT2D eigenvalue weighted by Gasteiger charge is 2.54. The molecule has 0 saturated heterocycles. The van der Waals surface area contributed by atoms with Gasteiger partial charge in [0.05, 0.1) is 45.2 Å². The maximum absolute atomic E-state index is 12.5. The molecule has 0 heterocycles. The van der Waals surface area contributed by atoms with Crippen molar-refractivity contribution in [2.24, 2.45) is 5.92 Å². The molecule has 252 valence electrons. The number of rotatable bonds is 17. The van der Waals surface area contributed by atoms with E-state index in [1.54, 1.807) is 0 Å². The summed E-state index contributed by atoms with van der Waals surface area (Å²) in [5.74, 6) is -0.372. The van der Waals surface area contributed by atoms with Gasteiger partial charge in [0.15, 0.2) is 0 Å². The van der Waals surface area contributed by atoms with Gasteiger partial charge in [0, 0.05) is 12.3 Å². The van der Waals surface area contributed by atoms with E-state index in [1.807, 2.05) is 152 Å². The molecule has 5 aromatic rings. The smallest absolute Gasteiger partial charge is 0.120 e. The number of hydrogen-bond donors (Lipinski definition) is 0. The molecule has 1 saturated carbocycles. The van der Waals surface area contributed by atoms with E-state index in [1.165, 1.54) is 0 Å². The summed E-state index contributed by atoms with van der Waals surface area (Å²) < 4.78 is 34.2. The molecule has 0 radical (unpaired) electrons. The van der Waals surface area contributed by atoms with Gasteiger partial charge in [-0.3, -0.25) is 0 Å². The molecule has 6 rings (SSSR count). The Kier molecular flexibility index (Phi) is 12.9. The van der Waals surface area contributed by atoms with Gasteiger partial charge in [0.2, 0.25) is 0 Å². The molecule has 0 amide bonds. The summed E-state index contributed by atoms with van der Waals surface area (Å²) in [6.07, 6.45) is -1.64. The predicted molar refractivity (Wildman–Crippen MR) is 189 cm³/mol. The summed E-state index contributed by atoms with van der Waals surface area (Å²) in [5.41, 5.74) is 5.15. The summed E-state index contributed by atoms with van der Waals surface area (Å²) in [6.45, 7) is 1.72. The van der Waals surface area contributed by atoms with Gasteiger partial charge in [0.1, 0.15) is 24.6 Å². The Morgan fingerprint density at radius 1 is 0.347 bits per heavy atom. The van der Waals surface area contributed by atoms with Crippen LogP contribution in [-0.4, -0.2) is 36.8 Å². The van der Waals surface area contributed by atoms with Crippen LogP contribution in [0.25, 0.3) is 0 Å². The molecule has 0 N–H and O–H groups in total. The van der Waals surface area contributed by atoms with Gasteiger partial charge < -0.3 is 28.5 Å². The quantitative estimate of drug-likeness (QED) is 0.0943. The zero-order chi connectivity index (χ0) is 33.5. The highest BCUT2D eigenvalue weighted by atomic mass is 16.6. The molecule has 5 aromatic carbocycles. The van der Waals surface area contributed by atoms with Crippen LogP contribution in [-0.2, 0) is 61.5 Å². The first kappa shape index (κ1) is 34.4. The van der Waals surface area contributed by atoms with Gasteiger partial charge >= 0.3 is 0 Å². The monoisotopic (exact) mass is 656 g/mol. The lowest BCUT2D eigenvalue weighted by Crippen LogP contribution is -2.64. The molecule has 2 unspecified atom stereocenters. The van der Waals surface area contributed by atoms with E-state index in [-0.39, 0.29) is 12.3 Å². The Balaban J connectivity index is 1.39. The lowest BCUT2D eigenvalue weighted by molar-refractivity contribution is -0.270. The van der Waals surface area contributed by atoms with E-state index < -0.39 is 30.5 Å². The fraction of sp³-hybridized carbons (Fsp3) is 0.279. The topological polar surface area (TPSA) is 63.2 Å². The maximum atomic E-state index is 12.5. The van der Waals surface area contributed by atoms with Crippen molar-refractivity contribution < 1.29 is 28.5 Å². The Morgan fingerprint density at radius 3 is 0.816 bits per heavy atom. The van der Waals surface area contributed by atoms with Crippen LogP contribution in [0.1, 0.15) is 34.2 Å². The van der Waals surface area contributed by atoms with Crippen LogP contribution in [0.15, 0.2) is 152 Å². The van der Waals surface area contributed by atoms with Gasteiger partial charge in [-0.25, -0.2) is 0 Å². The minimum Gasteiger partial charge on any atom is -0.370 e. The zero-order valence-electron chi connectivity index (χ0n) is 27.7. The average Bonchev–Trinajstić information content (AvgIpc) is 3.17. The Labute approximate surface area is 289 Å². The molecule has 6 heteroatoms. The summed E-state index contributed by atoms with van der Waals surface area (Å²) in [6, 6.07) is 50.4. The van der Waals surface area contributed by atoms with E-state index >= 15 is 0 Å². The van der Waals surface area contributed by atoms with Crippen molar-refractivity contribution >= 4 is 6.29 Å². The average molecular weight is 657 g/mol. The van der Waals surface area contributed by atoms with E-state index in [4.69, 9.17) is 23.7 Å². The highest BCUT2D eigenvalue weighted by molar-refractivity contribution is 5.50. The van der Waals surface area contributed by atoms with Crippen LogP contribution in [0.3, 0.4) is 0 Å². The lowest BCUT2D eigenvalue weighted by atomic mass is 9.76. The standard InChI is InChI=1S/C43H44O6/c44-27-26-38-39(45-28-33-16-6-1-7-17-33)41(47-30-35-20-10-3-11-21-35)43(49-32-37-24-14-5-15-25-37)42(48-31-36-22-12-4-13-23-36)40(38)46-29-34-18-8-2-9-19-34/h1-25,27,38-43H,26,28-32H2/t38?,39-,40+,41-,42-,43?/m0/s1. The van der Waals surface area contributed by atoms with Crippen LogP contribution < -0.4 is 0 Å². The summed E-state index contributed by atoms with van der Waals surface area (Å²) >= 11 is 0. The van der Waals surface area contributed by atoms with Crippen LogP contribution in [0.5, 0.6) is 0 Å². The normalized spacial score (nSPS) is 22.0. The number of aldehydes is 1. The van der Waals surface area contributed by atoms with Crippen molar-refractivity contribution in [3.63, 3.8) is 0 Å². The number of carbonyl (C=O) groups excluding carboxylic acids is 1. The second-order valence-electron chi connectivity index (χ2n) is 12.4. The Bertz CT molecular complexity index is 1540. The van der Waals surface area contributed by atoms with Crippen molar-refractivity contribution in [2.45, 2.75) is 70.0 Å². The molecule has 0 aromatic heterocycles. The molecule has 6 nitrogen and oxygen atoms in total. The summed E-state index contributed by atoms with van der Waals surface area (Å²) in [5, 5.41) is 0. The predicted octanol–water partition coefficient (Wildman–Crippen LogP) is 8.13. The minimum absolute atomic E-state index is 0.209. The van der Waals surface area contributed by atoms with Gasteiger partial charge in [-0.2, -0.15) is 0 Å². The van der Waals surface area contributed by atoms with Crippen molar-refractivity contribution in [3.05, 3.63) is 179 Å². The molecular formula is C43H44O6. The number of ether oxygens (including phenoxy) is 5. The van der Waals surface area contributed by atoms with E-state index in [9.17, 15) is 4.79 Å². The van der Waals surface area contributed by atoms with Gasteiger partial charge in [-0.1, -0.05) is 152 Å². The van der Waals surface area contributed by atoms with Crippen LogP contribution in [0.4, 0.5) is 0 Å². The third-order valence-electron chi connectivity index (χ3n) is 8.93. The first-order chi connectivity index (χ1) is 24.3. The van der Waals surface area contributed by atoms with Crippen molar-refractivity contribution in [3.8, 4) is 0 Å².